The van der Waals surface area contributed by atoms with E-state index in [2.05, 4.69) is 29.8 Å². The number of ketones is 1. The van der Waals surface area contributed by atoms with Gasteiger partial charge in [-0.2, -0.15) is 0 Å². The highest BCUT2D eigenvalue weighted by molar-refractivity contribution is 9.10. The van der Waals surface area contributed by atoms with Gasteiger partial charge in [0.2, 0.25) is 0 Å². The number of ether oxygens (including phenoxy) is 1. The summed E-state index contributed by atoms with van der Waals surface area (Å²) in [6, 6.07) is 18.9. The van der Waals surface area contributed by atoms with Crippen LogP contribution < -0.4 is 5.56 Å². The lowest BCUT2D eigenvalue weighted by Crippen LogP contribution is -2.35. The summed E-state index contributed by atoms with van der Waals surface area (Å²) in [4.78, 5) is 36.2. The van der Waals surface area contributed by atoms with Crippen molar-refractivity contribution < 1.29 is 9.53 Å². The van der Waals surface area contributed by atoms with Gasteiger partial charge in [0.1, 0.15) is 0 Å². The number of pyridine rings is 1. The van der Waals surface area contributed by atoms with Crippen LogP contribution in [0.4, 0.5) is 0 Å². The highest BCUT2D eigenvalue weighted by Crippen LogP contribution is 2.31. The van der Waals surface area contributed by atoms with Crippen LogP contribution in [0.3, 0.4) is 0 Å². The molecule has 1 aliphatic rings. The van der Waals surface area contributed by atoms with Crippen LogP contribution in [0, 0.1) is 0 Å². The van der Waals surface area contributed by atoms with Gasteiger partial charge in [0.15, 0.2) is 16.6 Å². The fourth-order valence-corrected chi connectivity index (χ4v) is 5.38. The maximum absolute atomic E-state index is 13.7. The molecule has 0 radical (unpaired) electrons. The summed E-state index contributed by atoms with van der Waals surface area (Å²) < 4.78 is 8.64. The number of carbonyl (C=O) groups is 1. The zero-order valence-electron chi connectivity index (χ0n) is 20.2. The summed E-state index contributed by atoms with van der Waals surface area (Å²) in [7, 11) is 0. The zero-order valence-corrected chi connectivity index (χ0v) is 22.6. The largest absolute Gasteiger partial charge is 0.370 e. The second-order valence-electron chi connectivity index (χ2n) is 9.22. The Morgan fingerprint density at radius 1 is 1.14 bits per heavy atom. The molecule has 1 atom stereocenters. The molecule has 0 fully saturated rings. The summed E-state index contributed by atoms with van der Waals surface area (Å²) in [5.74, 6) is 0.142. The number of halogens is 1. The van der Waals surface area contributed by atoms with Crippen LogP contribution in [0.2, 0.25) is 0 Å². The maximum atomic E-state index is 13.7. The van der Waals surface area contributed by atoms with Crippen LogP contribution in [0.1, 0.15) is 47.4 Å². The van der Waals surface area contributed by atoms with Crippen molar-refractivity contribution in [2.24, 2.45) is 0 Å². The number of Topliss-reactive ketones (excluding diaryl/α,β-unsaturated/α-hetero) is 1. The van der Waals surface area contributed by atoms with Gasteiger partial charge in [0, 0.05) is 22.0 Å². The predicted octanol–water partition coefficient (Wildman–Crippen LogP) is 5.82. The van der Waals surface area contributed by atoms with Gasteiger partial charge in [-0.25, -0.2) is 9.97 Å². The van der Waals surface area contributed by atoms with Crippen molar-refractivity contribution in [2.45, 2.75) is 50.6 Å². The third-order valence-electron chi connectivity index (χ3n) is 6.63. The van der Waals surface area contributed by atoms with Crippen molar-refractivity contribution in [1.29, 1.82) is 0 Å². The van der Waals surface area contributed by atoms with Crippen molar-refractivity contribution in [3.8, 4) is 0 Å². The summed E-state index contributed by atoms with van der Waals surface area (Å²) in [6.07, 6.45) is 1.55. The van der Waals surface area contributed by atoms with Gasteiger partial charge < -0.3 is 4.74 Å². The number of hydrogen-bond donors (Lipinski definition) is 0. The Balaban J connectivity index is 1.55. The van der Waals surface area contributed by atoms with Crippen LogP contribution in [0.25, 0.3) is 11.0 Å². The Morgan fingerprint density at radius 3 is 2.61 bits per heavy atom. The number of thioether (sulfide) groups is 1. The number of benzene rings is 2. The molecule has 0 saturated carbocycles. The molecule has 0 bridgehead atoms. The molecule has 4 aromatic rings. The van der Waals surface area contributed by atoms with E-state index in [-0.39, 0.29) is 22.7 Å². The van der Waals surface area contributed by atoms with Gasteiger partial charge in [-0.15, -0.1) is 0 Å². The Bertz CT molecular complexity index is 1490. The predicted molar refractivity (Wildman–Crippen MR) is 146 cm³/mol. The first-order chi connectivity index (χ1) is 17.3. The minimum atomic E-state index is -0.273. The molecule has 0 saturated heterocycles. The van der Waals surface area contributed by atoms with E-state index in [0.717, 1.165) is 27.7 Å². The minimum absolute atomic E-state index is 0.0256. The lowest BCUT2D eigenvalue weighted by molar-refractivity contribution is -0.0573. The van der Waals surface area contributed by atoms with Crippen molar-refractivity contribution in [3.05, 3.63) is 97.9 Å². The first-order valence-corrected chi connectivity index (χ1v) is 13.7. The summed E-state index contributed by atoms with van der Waals surface area (Å²) in [5, 5.41) is 0.955. The first-order valence-electron chi connectivity index (χ1n) is 11.9. The highest BCUT2D eigenvalue weighted by atomic mass is 79.9. The summed E-state index contributed by atoms with van der Waals surface area (Å²) in [5.41, 5.74) is 3.44. The highest BCUT2D eigenvalue weighted by Gasteiger charge is 2.31. The molecule has 3 heterocycles. The summed E-state index contributed by atoms with van der Waals surface area (Å²) in [6.45, 7) is 4.98. The number of nitrogens with zero attached hydrogens (tertiary/aromatic N) is 3. The topological polar surface area (TPSA) is 74.1 Å². The van der Waals surface area contributed by atoms with Gasteiger partial charge >= 0.3 is 0 Å². The van der Waals surface area contributed by atoms with Gasteiger partial charge in [-0.3, -0.25) is 14.2 Å². The van der Waals surface area contributed by atoms with Crippen molar-refractivity contribution in [2.75, 3.05) is 5.75 Å². The lowest BCUT2D eigenvalue weighted by atomic mass is 9.91. The van der Waals surface area contributed by atoms with E-state index < -0.39 is 0 Å². The standard InChI is InChI=1S/C28H26BrN3O3S/c1-3-28(2)14-23-20(16-35-28)13-22-25(30-23)31-27(32(26(22)34)15-18-7-5-4-6-8-18)36-17-24(33)19-9-11-21(29)12-10-19/h4-13H,3,14-17H2,1-2H3. The van der Waals surface area contributed by atoms with E-state index in [0.29, 0.717) is 41.3 Å². The molecular formula is C28H26BrN3O3S. The molecule has 0 spiro atoms. The third-order valence-corrected chi connectivity index (χ3v) is 8.13. The number of hydrogen-bond acceptors (Lipinski definition) is 6. The molecule has 2 aromatic carbocycles. The fourth-order valence-electron chi connectivity index (χ4n) is 4.23. The van der Waals surface area contributed by atoms with E-state index in [1.165, 1.54) is 11.8 Å². The molecule has 0 N–H and O–H groups in total. The minimum Gasteiger partial charge on any atom is -0.370 e. The maximum Gasteiger partial charge on any atom is 0.264 e. The number of carbonyl (C=O) groups excluding carboxylic acids is 1. The van der Waals surface area contributed by atoms with Gasteiger partial charge in [0.05, 0.1) is 35.6 Å². The van der Waals surface area contributed by atoms with E-state index in [4.69, 9.17) is 14.7 Å². The molecule has 8 heteroatoms. The molecule has 184 valence electrons. The van der Waals surface area contributed by atoms with E-state index >= 15 is 0 Å². The molecule has 2 aromatic heterocycles. The van der Waals surface area contributed by atoms with Crippen molar-refractivity contribution >= 4 is 44.5 Å². The summed E-state index contributed by atoms with van der Waals surface area (Å²) >= 11 is 4.67. The second kappa shape index (κ2) is 10.3. The van der Waals surface area contributed by atoms with Crippen LogP contribution in [-0.4, -0.2) is 31.7 Å². The number of aromatic nitrogens is 3. The Morgan fingerprint density at radius 2 is 1.89 bits per heavy atom. The Labute approximate surface area is 222 Å². The normalized spacial score (nSPS) is 17.2. The first kappa shape index (κ1) is 24.9. The van der Waals surface area contributed by atoms with E-state index in [1.807, 2.05) is 48.5 Å². The molecule has 5 rings (SSSR count). The third kappa shape index (κ3) is 5.16. The molecule has 0 aliphatic carbocycles. The van der Waals surface area contributed by atoms with Gasteiger partial charge in [-0.05, 0) is 37.1 Å². The van der Waals surface area contributed by atoms with Crippen LogP contribution in [-0.2, 0) is 24.3 Å². The smallest absolute Gasteiger partial charge is 0.264 e. The number of fused-ring (bicyclic) bond motifs is 2. The molecule has 36 heavy (non-hydrogen) atoms. The zero-order chi connectivity index (χ0) is 25.3. The monoisotopic (exact) mass is 563 g/mol. The molecule has 0 amide bonds. The van der Waals surface area contributed by atoms with Gasteiger partial charge in [0.25, 0.3) is 5.56 Å². The van der Waals surface area contributed by atoms with E-state index in [1.54, 1.807) is 16.7 Å². The molecule has 1 unspecified atom stereocenters. The van der Waals surface area contributed by atoms with Crippen molar-refractivity contribution in [1.82, 2.24) is 14.5 Å². The Hall–Kier alpha value is -2.81. The molecule has 6 nitrogen and oxygen atoms in total. The molecular weight excluding hydrogens is 538 g/mol. The van der Waals surface area contributed by atoms with Crippen LogP contribution in [0.15, 0.2) is 75.1 Å². The average Bonchev–Trinajstić information content (AvgIpc) is 2.89. The van der Waals surface area contributed by atoms with Gasteiger partial charge in [-0.1, -0.05) is 77.1 Å². The number of rotatable bonds is 7. The lowest BCUT2D eigenvalue weighted by Gasteiger charge is -2.33. The second-order valence-corrected chi connectivity index (χ2v) is 11.1. The Kier molecular flexibility index (Phi) is 7.10. The van der Waals surface area contributed by atoms with E-state index in [9.17, 15) is 9.59 Å². The molecule has 1 aliphatic heterocycles. The average molecular weight is 565 g/mol. The quantitative estimate of drug-likeness (QED) is 0.160. The SMILES string of the molecule is CCC1(C)Cc2nc3nc(SCC(=O)c4ccc(Br)cc4)n(Cc4ccccc4)c(=O)c3cc2CO1. The van der Waals surface area contributed by atoms with Crippen LogP contribution >= 0.6 is 27.7 Å². The van der Waals surface area contributed by atoms with Crippen molar-refractivity contribution in [3.63, 3.8) is 0 Å². The van der Waals surface area contributed by atoms with Crippen LogP contribution in [0.5, 0.6) is 0 Å². The fraction of sp³-hybridized carbons (Fsp3) is 0.286.